The number of nitrogens with one attached hydrogen (secondary N) is 2. The quantitative estimate of drug-likeness (QED) is 0.509. The molecule has 0 atom stereocenters. The van der Waals surface area contributed by atoms with Gasteiger partial charge in [-0.2, -0.15) is 0 Å². The molecule has 2 N–H and O–H groups in total. The molecule has 2 aromatic carbocycles. The van der Waals surface area contributed by atoms with Crippen LogP contribution < -0.4 is 20.7 Å². The summed E-state index contributed by atoms with van der Waals surface area (Å²) in [5.74, 6) is -0.279. The molecule has 7 heteroatoms. The van der Waals surface area contributed by atoms with Gasteiger partial charge in [0, 0.05) is 49.9 Å². The largest absolute Gasteiger partial charge is 0.372 e. The van der Waals surface area contributed by atoms with Crippen LogP contribution in [0.3, 0.4) is 0 Å². The van der Waals surface area contributed by atoms with E-state index in [1.165, 1.54) is 11.4 Å². The number of hydrazine groups is 1. The molecule has 0 bridgehead atoms. The second kappa shape index (κ2) is 10.0. The molecule has 1 amide bonds. The number of carbonyl (C=O) groups excluding carboxylic acids is 1. The van der Waals surface area contributed by atoms with Gasteiger partial charge in [0.05, 0.1) is 0 Å². The van der Waals surface area contributed by atoms with E-state index >= 15 is 0 Å². The predicted molar refractivity (Wildman–Crippen MR) is 142 cm³/mol. The fourth-order valence-corrected chi connectivity index (χ4v) is 5.29. The molecule has 0 saturated carbocycles. The van der Waals surface area contributed by atoms with Gasteiger partial charge >= 0.3 is 0 Å². The topological polar surface area (TPSA) is 73.4 Å². The second-order valence-corrected chi connectivity index (χ2v) is 8.93. The van der Waals surface area contributed by atoms with Crippen molar-refractivity contribution in [1.29, 1.82) is 0 Å². The van der Waals surface area contributed by atoms with E-state index in [0.29, 0.717) is 11.4 Å². The molecule has 3 aromatic rings. The molecule has 0 radical (unpaired) electrons. The molecule has 7 nitrogen and oxygen atoms in total. The maximum Gasteiger partial charge on any atom is 0.286 e. The highest BCUT2D eigenvalue weighted by Gasteiger charge is 2.46. The van der Waals surface area contributed by atoms with Gasteiger partial charge < -0.3 is 9.80 Å². The van der Waals surface area contributed by atoms with Gasteiger partial charge in [-0.25, -0.2) is 10.4 Å². The number of carbonyl (C=O) groups is 1. The number of hydrogen-bond donors (Lipinski definition) is 2. The van der Waals surface area contributed by atoms with E-state index in [-0.39, 0.29) is 5.91 Å². The highest BCUT2D eigenvalue weighted by atomic mass is 16.2. The van der Waals surface area contributed by atoms with Crippen molar-refractivity contribution in [3.05, 3.63) is 82.4 Å². The maximum atomic E-state index is 12.8. The van der Waals surface area contributed by atoms with Crippen LogP contribution in [0, 0.1) is 13.8 Å². The first-order chi connectivity index (χ1) is 16.9. The lowest BCUT2D eigenvalue weighted by Gasteiger charge is -2.41. The summed E-state index contributed by atoms with van der Waals surface area (Å²) >= 11 is 0. The minimum atomic E-state index is -0.880. The molecule has 0 unspecified atom stereocenters. The highest BCUT2D eigenvalue weighted by molar-refractivity contribution is 5.95. The van der Waals surface area contributed by atoms with Crippen LogP contribution in [-0.4, -0.2) is 42.1 Å². The first kappa shape index (κ1) is 24.7. The van der Waals surface area contributed by atoms with Crippen molar-refractivity contribution in [1.82, 2.24) is 20.8 Å². The normalized spacial score (nSPS) is 14.3. The maximum absolute atomic E-state index is 12.8. The number of amides is 1. The van der Waals surface area contributed by atoms with E-state index in [0.717, 1.165) is 48.4 Å². The number of benzene rings is 2. The molecule has 1 aliphatic heterocycles. The van der Waals surface area contributed by atoms with E-state index in [4.69, 9.17) is 4.98 Å². The van der Waals surface area contributed by atoms with Gasteiger partial charge in [-0.3, -0.25) is 15.2 Å². The summed E-state index contributed by atoms with van der Waals surface area (Å²) in [6.07, 6.45) is 3.23. The number of fused-ring (bicyclic) bond motifs is 1. The van der Waals surface area contributed by atoms with E-state index in [1.54, 1.807) is 12.4 Å². The molecule has 184 valence electrons. The highest BCUT2D eigenvalue weighted by Crippen LogP contribution is 2.42. The van der Waals surface area contributed by atoms with E-state index in [1.807, 2.05) is 0 Å². The van der Waals surface area contributed by atoms with Crippen molar-refractivity contribution in [3.63, 3.8) is 0 Å². The van der Waals surface area contributed by atoms with Crippen LogP contribution in [0.2, 0.25) is 0 Å². The summed E-state index contributed by atoms with van der Waals surface area (Å²) in [5.41, 5.74) is 13.0. The van der Waals surface area contributed by atoms with Crippen molar-refractivity contribution >= 4 is 17.3 Å². The minimum absolute atomic E-state index is 0.279. The van der Waals surface area contributed by atoms with Crippen LogP contribution in [0.4, 0.5) is 11.4 Å². The van der Waals surface area contributed by atoms with Crippen molar-refractivity contribution in [2.75, 3.05) is 36.0 Å². The smallest absolute Gasteiger partial charge is 0.286 e. The van der Waals surface area contributed by atoms with Gasteiger partial charge in [0.25, 0.3) is 5.91 Å². The standard InChI is InChI=1S/C28H36N6O/c1-7-33(8-2)21-11-13-23(19(5)17-21)28(26-25(27(35)31-32-28)29-15-16-30-26)24-14-12-22(18-20(24)6)34(9-3)10-4/h11-18,32H,7-10H2,1-6H3,(H,31,35). The Kier molecular flexibility index (Phi) is 7.08. The third kappa shape index (κ3) is 4.14. The average Bonchev–Trinajstić information content (AvgIpc) is 2.87. The summed E-state index contributed by atoms with van der Waals surface area (Å²) < 4.78 is 0. The fraction of sp³-hybridized carbons (Fsp3) is 0.393. The van der Waals surface area contributed by atoms with Gasteiger partial charge in [0.15, 0.2) is 5.69 Å². The van der Waals surface area contributed by atoms with Crippen LogP contribution in [-0.2, 0) is 5.54 Å². The summed E-state index contributed by atoms with van der Waals surface area (Å²) in [5, 5.41) is 0. The summed E-state index contributed by atoms with van der Waals surface area (Å²) in [7, 11) is 0. The van der Waals surface area contributed by atoms with Crippen molar-refractivity contribution in [3.8, 4) is 0 Å². The number of aryl methyl sites for hydroxylation is 2. The first-order valence-corrected chi connectivity index (χ1v) is 12.5. The Morgan fingerprint density at radius 2 is 1.26 bits per heavy atom. The molecular formula is C28H36N6O. The van der Waals surface area contributed by atoms with E-state index < -0.39 is 5.54 Å². The number of anilines is 2. The molecular weight excluding hydrogens is 436 g/mol. The molecule has 4 rings (SSSR count). The average molecular weight is 473 g/mol. The predicted octanol–water partition coefficient (Wildman–Crippen LogP) is 4.33. The van der Waals surface area contributed by atoms with Gasteiger partial charge in [0.1, 0.15) is 11.2 Å². The molecule has 0 saturated heterocycles. The van der Waals surface area contributed by atoms with Crippen molar-refractivity contribution in [2.45, 2.75) is 47.1 Å². The van der Waals surface area contributed by atoms with Crippen LogP contribution in [0.15, 0.2) is 48.8 Å². The monoisotopic (exact) mass is 472 g/mol. The fourth-order valence-electron chi connectivity index (χ4n) is 5.29. The van der Waals surface area contributed by atoms with Crippen LogP contribution in [0.25, 0.3) is 0 Å². The summed E-state index contributed by atoms with van der Waals surface area (Å²) in [6.45, 7) is 16.7. The molecule has 0 spiro atoms. The minimum Gasteiger partial charge on any atom is -0.372 e. The zero-order valence-corrected chi connectivity index (χ0v) is 21.6. The molecule has 1 aliphatic rings. The van der Waals surface area contributed by atoms with Crippen LogP contribution in [0.5, 0.6) is 0 Å². The number of nitrogens with zero attached hydrogens (tertiary/aromatic N) is 4. The number of hydrogen-bond acceptors (Lipinski definition) is 6. The lowest BCUT2D eigenvalue weighted by molar-refractivity contribution is 0.0887. The van der Waals surface area contributed by atoms with Crippen molar-refractivity contribution in [2.24, 2.45) is 0 Å². The molecule has 0 aliphatic carbocycles. The zero-order valence-electron chi connectivity index (χ0n) is 21.6. The van der Waals surface area contributed by atoms with Crippen molar-refractivity contribution < 1.29 is 4.79 Å². The Morgan fingerprint density at radius 1 is 0.771 bits per heavy atom. The van der Waals surface area contributed by atoms with Gasteiger partial charge in [-0.05, 0) is 88.1 Å². The first-order valence-electron chi connectivity index (χ1n) is 12.5. The second-order valence-electron chi connectivity index (χ2n) is 8.93. The Bertz CT molecular complexity index is 1150. The Labute approximate surface area is 208 Å². The third-order valence-electron chi connectivity index (χ3n) is 7.12. The van der Waals surface area contributed by atoms with Gasteiger partial charge in [-0.15, -0.1) is 0 Å². The zero-order chi connectivity index (χ0) is 25.2. The van der Waals surface area contributed by atoms with Crippen LogP contribution in [0.1, 0.15) is 66.1 Å². The summed E-state index contributed by atoms with van der Waals surface area (Å²) in [4.78, 5) is 26.6. The number of aromatic nitrogens is 2. The lowest BCUT2D eigenvalue weighted by atomic mass is 9.75. The third-order valence-corrected chi connectivity index (χ3v) is 7.12. The Morgan fingerprint density at radius 3 is 1.71 bits per heavy atom. The molecule has 2 heterocycles. The van der Waals surface area contributed by atoms with Gasteiger partial charge in [-0.1, -0.05) is 12.1 Å². The molecule has 1 aromatic heterocycles. The van der Waals surface area contributed by atoms with Gasteiger partial charge in [0.2, 0.25) is 0 Å². The molecule has 0 fully saturated rings. The van der Waals surface area contributed by atoms with Crippen LogP contribution >= 0.6 is 0 Å². The van der Waals surface area contributed by atoms with E-state index in [9.17, 15) is 4.79 Å². The Balaban J connectivity index is 1.98. The SMILES string of the molecule is CCN(CC)c1ccc(C2(c3ccc(N(CC)CC)cc3C)NNC(=O)c3nccnc32)c(C)c1. The summed E-state index contributed by atoms with van der Waals surface area (Å²) in [6, 6.07) is 13.1. The molecule has 35 heavy (non-hydrogen) atoms. The Hall–Kier alpha value is -3.45. The number of rotatable bonds is 8. The van der Waals surface area contributed by atoms with E-state index in [2.05, 4.69) is 104 Å². The lowest BCUT2D eigenvalue weighted by Crippen LogP contribution is -2.59.